The van der Waals surface area contributed by atoms with Crippen LogP contribution in [0.15, 0.2) is 73.1 Å². The molecule has 2 amide bonds. The molecule has 42 heavy (non-hydrogen) atoms. The van der Waals surface area contributed by atoms with Crippen molar-refractivity contribution in [2.75, 3.05) is 31.6 Å². The number of nitrogens with zero attached hydrogens (tertiary/aromatic N) is 4. The van der Waals surface area contributed by atoms with Gasteiger partial charge in [0.25, 0.3) is 5.91 Å². The molecule has 3 aliphatic heterocycles. The minimum Gasteiger partial charge on any atom is -0.496 e. The Morgan fingerprint density at radius 3 is 2.64 bits per heavy atom. The minimum atomic E-state index is -0.320. The highest BCUT2D eigenvalue weighted by atomic mass is 16.6. The second kappa shape index (κ2) is 12.1. The Hall–Kier alpha value is -4.53. The molecular formula is C33H36N4O5. The van der Waals surface area contributed by atoms with Crippen LogP contribution in [0.4, 0.5) is 10.5 Å². The average molecular weight is 569 g/mol. The largest absolute Gasteiger partial charge is 0.496 e. The van der Waals surface area contributed by atoms with Crippen LogP contribution in [0.2, 0.25) is 0 Å². The molecule has 3 aromatic rings. The van der Waals surface area contributed by atoms with Crippen LogP contribution >= 0.6 is 0 Å². The number of pyridine rings is 1. The number of aryl methyl sites for hydroxylation is 1. The standard InChI is InChI=1S/C33H36N4O5/c1-23-24(7-5-15-34-23)21-35-16-13-27(14-17-35)42-28-9-10-29(31(20-28)40-2)32(38)36-18-11-26(12-19-36)37-30-8-4-3-6-25(30)22-41-33(37)39/h3-10,13,15-16,20,26-27H,11-12,14,17-19,21-22H2,1-2H3. The lowest BCUT2D eigenvalue weighted by Gasteiger charge is -2.40. The summed E-state index contributed by atoms with van der Waals surface area (Å²) in [6.45, 7) is 5.10. The van der Waals surface area contributed by atoms with Gasteiger partial charge in [-0.2, -0.15) is 0 Å². The van der Waals surface area contributed by atoms with E-state index in [1.165, 1.54) is 5.56 Å². The molecule has 0 spiro atoms. The first-order valence-electron chi connectivity index (χ1n) is 14.5. The fraction of sp³-hybridized carbons (Fsp3) is 0.364. The number of methoxy groups -OCH3 is 1. The number of carbonyl (C=O) groups excluding carboxylic acids is 2. The molecule has 4 heterocycles. The van der Waals surface area contributed by atoms with Crippen LogP contribution in [0, 0.1) is 6.92 Å². The predicted octanol–water partition coefficient (Wildman–Crippen LogP) is 5.33. The molecule has 1 unspecified atom stereocenters. The van der Waals surface area contributed by atoms with Crippen molar-refractivity contribution in [3.05, 3.63) is 95.5 Å². The van der Waals surface area contributed by atoms with E-state index in [4.69, 9.17) is 14.2 Å². The fourth-order valence-corrected chi connectivity index (χ4v) is 5.93. The van der Waals surface area contributed by atoms with Gasteiger partial charge in [-0.25, -0.2) is 4.79 Å². The molecule has 1 aromatic heterocycles. The molecule has 0 radical (unpaired) electrons. The number of para-hydroxylation sites is 1. The van der Waals surface area contributed by atoms with E-state index in [9.17, 15) is 9.59 Å². The maximum atomic E-state index is 13.5. The molecule has 2 aromatic carbocycles. The lowest BCUT2D eigenvalue weighted by molar-refractivity contribution is 0.0705. The van der Waals surface area contributed by atoms with Crippen molar-refractivity contribution in [3.8, 4) is 11.5 Å². The Balaban J connectivity index is 1.06. The van der Waals surface area contributed by atoms with Gasteiger partial charge in [0.15, 0.2) is 0 Å². The van der Waals surface area contributed by atoms with Crippen molar-refractivity contribution in [2.45, 2.75) is 51.5 Å². The predicted molar refractivity (Wildman–Crippen MR) is 159 cm³/mol. The molecule has 1 fully saturated rings. The molecule has 3 aliphatic rings. The fourth-order valence-electron chi connectivity index (χ4n) is 5.93. The normalized spacial score (nSPS) is 18.9. The van der Waals surface area contributed by atoms with Crippen LogP contribution in [0.1, 0.15) is 46.4 Å². The van der Waals surface area contributed by atoms with Crippen molar-refractivity contribution < 1.29 is 23.8 Å². The minimum absolute atomic E-state index is 0.0199. The summed E-state index contributed by atoms with van der Waals surface area (Å²) in [5.41, 5.74) is 4.68. The maximum absolute atomic E-state index is 13.5. The van der Waals surface area contributed by atoms with E-state index < -0.39 is 0 Å². The first kappa shape index (κ1) is 27.6. The molecule has 0 aliphatic carbocycles. The van der Waals surface area contributed by atoms with E-state index in [0.29, 0.717) is 49.6 Å². The number of carbonyl (C=O) groups is 2. The number of rotatable bonds is 7. The number of anilines is 1. The van der Waals surface area contributed by atoms with Gasteiger partial charge < -0.3 is 24.0 Å². The van der Waals surface area contributed by atoms with E-state index in [2.05, 4.69) is 28.2 Å². The lowest BCUT2D eigenvalue weighted by atomic mass is 10.00. The van der Waals surface area contributed by atoms with Gasteiger partial charge in [0.05, 0.1) is 18.4 Å². The molecule has 0 N–H and O–H groups in total. The lowest BCUT2D eigenvalue weighted by Crippen LogP contribution is -2.50. The highest BCUT2D eigenvalue weighted by Gasteiger charge is 2.35. The van der Waals surface area contributed by atoms with Gasteiger partial charge >= 0.3 is 6.09 Å². The number of hydrogen-bond acceptors (Lipinski definition) is 7. The van der Waals surface area contributed by atoms with Crippen molar-refractivity contribution in [2.24, 2.45) is 0 Å². The highest BCUT2D eigenvalue weighted by Crippen LogP contribution is 2.33. The quantitative estimate of drug-likeness (QED) is 0.381. The number of hydrogen-bond donors (Lipinski definition) is 0. The van der Waals surface area contributed by atoms with Gasteiger partial charge in [-0.1, -0.05) is 24.3 Å². The highest BCUT2D eigenvalue weighted by molar-refractivity contribution is 5.97. The second-order valence-electron chi connectivity index (χ2n) is 10.9. The monoisotopic (exact) mass is 568 g/mol. The van der Waals surface area contributed by atoms with E-state index in [-0.39, 0.29) is 24.1 Å². The number of likely N-dealkylation sites (tertiary alicyclic amines) is 1. The van der Waals surface area contributed by atoms with Crippen LogP contribution in [0.25, 0.3) is 0 Å². The van der Waals surface area contributed by atoms with E-state index in [0.717, 1.165) is 36.5 Å². The van der Waals surface area contributed by atoms with Crippen LogP contribution in [0.3, 0.4) is 0 Å². The zero-order chi connectivity index (χ0) is 29.1. The zero-order valence-corrected chi connectivity index (χ0v) is 24.1. The number of ether oxygens (including phenoxy) is 3. The number of cyclic esters (lactones) is 1. The van der Waals surface area contributed by atoms with Gasteiger partial charge in [0.2, 0.25) is 0 Å². The van der Waals surface area contributed by atoms with Crippen LogP contribution < -0.4 is 14.4 Å². The Labute approximate surface area is 246 Å². The third-order valence-electron chi connectivity index (χ3n) is 8.31. The maximum Gasteiger partial charge on any atom is 0.414 e. The SMILES string of the molecule is COc1cc(OC2C=CN(Cc3cccnc3C)CC2)ccc1C(=O)N1CCC(N2C(=O)OCc3ccccc32)CC1. The molecule has 9 nitrogen and oxygen atoms in total. The number of aromatic nitrogens is 1. The summed E-state index contributed by atoms with van der Waals surface area (Å²) < 4.78 is 17.3. The molecule has 218 valence electrons. The van der Waals surface area contributed by atoms with Crippen molar-refractivity contribution in [1.29, 1.82) is 0 Å². The van der Waals surface area contributed by atoms with E-state index in [1.807, 2.05) is 54.4 Å². The molecule has 0 saturated carbocycles. The Kier molecular flexibility index (Phi) is 7.99. The summed E-state index contributed by atoms with van der Waals surface area (Å²) in [5, 5.41) is 0. The van der Waals surface area contributed by atoms with Crippen LogP contribution in [-0.2, 0) is 17.9 Å². The molecular weight excluding hydrogens is 532 g/mol. The Morgan fingerprint density at radius 1 is 1.05 bits per heavy atom. The van der Waals surface area contributed by atoms with Gasteiger partial charge in [-0.3, -0.25) is 14.7 Å². The van der Waals surface area contributed by atoms with Crippen LogP contribution in [0.5, 0.6) is 11.5 Å². The first-order valence-corrected chi connectivity index (χ1v) is 14.5. The van der Waals surface area contributed by atoms with Gasteiger partial charge in [0.1, 0.15) is 24.2 Å². The summed E-state index contributed by atoms with van der Waals surface area (Å²) >= 11 is 0. The Bertz CT molecular complexity index is 1480. The van der Waals surface area contributed by atoms with Gasteiger partial charge in [-0.15, -0.1) is 0 Å². The summed E-state index contributed by atoms with van der Waals surface area (Å²) in [4.78, 5) is 36.4. The molecule has 9 heteroatoms. The zero-order valence-electron chi connectivity index (χ0n) is 24.1. The molecule has 1 saturated heterocycles. The topological polar surface area (TPSA) is 84.4 Å². The summed E-state index contributed by atoms with van der Waals surface area (Å²) in [5.74, 6) is 1.06. The van der Waals surface area contributed by atoms with Gasteiger partial charge in [0, 0.05) is 62.2 Å². The number of piperidine rings is 1. The van der Waals surface area contributed by atoms with Gasteiger partial charge in [-0.05, 0) is 61.9 Å². The average Bonchev–Trinajstić information content (AvgIpc) is 3.03. The third-order valence-corrected chi connectivity index (χ3v) is 8.31. The molecule has 6 rings (SSSR count). The summed E-state index contributed by atoms with van der Waals surface area (Å²) in [6.07, 6.45) is 7.78. The summed E-state index contributed by atoms with van der Waals surface area (Å²) in [6, 6.07) is 17.3. The van der Waals surface area contributed by atoms with E-state index >= 15 is 0 Å². The van der Waals surface area contributed by atoms with E-state index in [1.54, 1.807) is 24.1 Å². The summed E-state index contributed by atoms with van der Waals surface area (Å²) in [7, 11) is 1.57. The molecule has 1 atom stereocenters. The number of benzene rings is 2. The second-order valence-corrected chi connectivity index (χ2v) is 10.9. The number of amides is 2. The molecule has 0 bridgehead atoms. The van der Waals surface area contributed by atoms with Crippen LogP contribution in [-0.4, -0.2) is 65.7 Å². The Morgan fingerprint density at radius 2 is 1.88 bits per heavy atom. The first-order chi connectivity index (χ1) is 20.5. The smallest absolute Gasteiger partial charge is 0.414 e. The third kappa shape index (κ3) is 5.77. The van der Waals surface area contributed by atoms with Crippen molar-refractivity contribution in [3.63, 3.8) is 0 Å². The van der Waals surface area contributed by atoms with Crippen molar-refractivity contribution >= 4 is 17.7 Å². The van der Waals surface area contributed by atoms with Crippen molar-refractivity contribution in [1.82, 2.24) is 14.8 Å². The number of fused-ring (bicyclic) bond motifs is 1.